The summed E-state index contributed by atoms with van der Waals surface area (Å²) < 4.78 is 74.0. The standard InChI is InChI=1S/C22H21F5N6O2/c1-13-7-21(23,24)12-33(17(13)11-35-20-29-8-14(9-30-20)22(25,26)27)19(34)18-15(10-32(2)31-18)16-5-3-4-6-28-16/h3-6,8-10,13,17H,7,11-12H2,1-2H3/t13-,17?/m1/s1. The summed E-state index contributed by atoms with van der Waals surface area (Å²) in [5.74, 6) is -4.57. The molecule has 0 bridgehead atoms. The number of aryl methyl sites for hydroxylation is 1. The molecule has 1 saturated heterocycles. The summed E-state index contributed by atoms with van der Waals surface area (Å²) in [6.45, 7) is 0.392. The number of likely N-dealkylation sites (tertiary alicyclic amines) is 1. The highest BCUT2D eigenvalue weighted by molar-refractivity contribution is 5.98. The van der Waals surface area contributed by atoms with Gasteiger partial charge in [-0.25, -0.2) is 18.7 Å². The SMILES string of the molecule is C[C@@H]1CC(F)(F)CN(C(=O)c2nn(C)cc2-c2ccccn2)C1COc1ncc(C(F)(F)F)cn1. The molecule has 1 aliphatic rings. The van der Waals surface area contributed by atoms with Crippen molar-refractivity contribution in [1.82, 2.24) is 29.6 Å². The van der Waals surface area contributed by atoms with Gasteiger partial charge in [0, 0.05) is 38.3 Å². The van der Waals surface area contributed by atoms with Crippen molar-refractivity contribution in [3.05, 3.63) is 54.2 Å². The number of aromatic nitrogens is 5. The summed E-state index contributed by atoms with van der Waals surface area (Å²) >= 11 is 0. The van der Waals surface area contributed by atoms with E-state index in [1.165, 1.54) is 10.9 Å². The van der Waals surface area contributed by atoms with Gasteiger partial charge >= 0.3 is 12.2 Å². The number of rotatable bonds is 5. The Kier molecular flexibility index (Phi) is 6.43. The molecule has 8 nitrogen and oxygen atoms in total. The quantitative estimate of drug-likeness (QED) is 0.499. The fraction of sp³-hybridized carbons (Fsp3) is 0.409. The second kappa shape index (κ2) is 9.19. The van der Waals surface area contributed by atoms with E-state index < -0.39 is 48.5 Å². The van der Waals surface area contributed by atoms with Crippen LogP contribution in [0.1, 0.15) is 29.4 Å². The summed E-state index contributed by atoms with van der Waals surface area (Å²) in [7, 11) is 1.60. The lowest BCUT2D eigenvalue weighted by Gasteiger charge is -2.42. The van der Waals surface area contributed by atoms with E-state index in [-0.39, 0.29) is 18.3 Å². The number of carbonyl (C=O) groups excluding carboxylic acids is 1. The van der Waals surface area contributed by atoms with E-state index >= 15 is 0 Å². The summed E-state index contributed by atoms with van der Waals surface area (Å²) in [6, 6.07) is 3.91. The van der Waals surface area contributed by atoms with Crippen LogP contribution in [0.15, 0.2) is 43.0 Å². The topological polar surface area (TPSA) is 86.0 Å². The second-order valence-corrected chi connectivity index (χ2v) is 8.38. The van der Waals surface area contributed by atoms with Crippen molar-refractivity contribution in [2.75, 3.05) is 13.2 Å². The van der Waals surface area contributed by atoms with Gasteiger partial charge in [0.2, 0.25) is 0 Å². The van der Waals surface area contributed by atoms with Crippen molar-refractivity contribution < 1.29 is 31.5 Å². The van der Waals surface area contributed by atoms with E-state index in [1.54, 1.807) is 38.4 Å². The van der Waals surface area contributed by atoms with Crippen LogP contribution in [0, 0.1) is 5.92 Å². The first kappa shape index (κ1) is 24.5. The lowest BCUT2D eigenvalue weighted by atomic mass is 9.88. The van der Waals surface area contributed by atoms with E-state index in [9.17, 15) is 26.7 Å². The third-order valence-electron chi connectivity index (χ3n) is 5.65. The number of carbonyl (C=O) groups is 1. The Hall–Kier alpha value is -3.64. The average Bonchev–Trinajstić information content (AvgIpc) is 3.19. The number of alkyl halides is 5. The number of piperidine rings is 1. The molecule has 4 rings (SSSR count). The molecule has 1 fully saturated rings. The molecule has 0 radical (unpaired) electrons. The fourth-order valence-electron chi connectivity index (χ4n) is 4.01. The first-order valence-electron chi connectivity index (χ1n) is 10.6. The predicted molar refractivity (Wildman–Crippen MR) is 113 cm³/mol. The third kappa shape index (κ3) is 5.38. The Morgan fingerprint density at radius 2 is 1.91 bits per heavy atom. The number of halogens is 5. The molecule has 3 aromatic rings. The largest absolute Gasteiger partial charge is 0.461 e. The molecule has 35 heavy (non-hydrogen) atoms. The minimum atomic E-state index is -4.61. The Balaban J connectivity index is 1.60. The molecule has 0 spiro atoms. The van der Waals surface area contributed by atoms with Crippen molar-refractivity contribution in [3.8, 4) is 17.3 Å². The zero-order valence-corrected chi connectivity index (χ0v) is 18.7. The molecule has 0 N–H and O–H groups in total. The zero-order chi connectivity index (χ0) is 25.4. The van der Waals surface area contributed by atoms with Crippen LogP contribution in [-0.2, 0) is 13.2 Å². The molecule has 2 atom stereocenters. The van der Waals surface area contributed by atoms with Gasteiger partial charge in [-0.05, 0) is 18.1 Å². The number of pyridine rings is 1. The van der Waals surface area contributed by atoms with Gasteiger partial charge in [-0.1, -0.05) is 13.0 Å². The average molecular weight is 496 g/mol. The molecule has 13 heteroatoms. The normalized spacial score (nSPS) is 20.0. The number of amides is 1. The molecule has 1 amide bonds. The minimum absolute atomic E-state index is 0.0492. The number of hydrogen-bond acceptors (Lipinski definition) is 6. The van der Waals surface area contributed by atoms with E-state index in [1.807, 2.05) is 0 Å². The van der Waals surface area contributed by atoms with Crippen LogP contribution in [-0.4, -0.2) is 60.7 Å². The minimum Gasteiger partial charge on any atom is -0.461 e. The lowest BCUT2D eigenvalue weighted by molar-refractivity contribution is -0.138. The molecular weight excluding hydrogens is 475 g/mol. The first-order valence-corrected chi connectivity index (χ1v) is 10.6. The van der Waals surface area contributed by atoms with Crippen molar-refractivity contribution in [3.63, 3.8) is 0 Å². The summed E-state index contributed by atoms with van der Waals surface area (Å²) in [5, 5.41) is 4.19. The van der Waals surface area contributed by atoms with Crippen LogP contribution in [0.3, 0.4) is 0 Å². The van der Waals surface area contributed by atoms with Crippen LogP contribution in [0.4, 0.5) is 22.0 Å². The number of nitrogens with zero attached hydrogens (tertiary/aromatic N) is 6. The molecule has 186 valence electrons. The van der Waals surface area contributed by atoms with E-state index in [2.05, 4.69) is 20.1 Å². The Morgan fingerprint density at radius 1 is 1.20 bits per heavy atom. The van der Waals surface area contributed by atoms with Gasteiger partial charge in [0.15, 0.2) is 5.69 Å². The summed E-state index contributed by atoms with van der Waals surface area (Å²) in [6.07, 6.45) is -0.863. The second-order valence-electron chi connectivity index (χ2n) is 8.38. The van der Waals surface area contributed by atoms with Crippen molar-refractivity contribution in [2.24, 2.45) is 13.0 Å². The van der Waals surface area contributed by atoms with Crippen LogP contribution < -0.4 is 4.74 Å². The first-order chi connectivity index (χ1) is 16.4. The molecule has 4 heterocycles. The van der Waals surface area contributed by atoms with Gasteiger partial charge in [0.1, 0.15) is 6.61 Å². The predicted octanol–water partition coefficient (Wildman–Crippen LogP) is 3.86. The van der Waals surface area contributed by atoms with Gasteiger partial charge in [0.05, 0.1) is 29.4 Å². The van der Waals surface area contributed by atoms with Crippen LogP contribution in [0.25, 0.3) is 11.3 Å². The maximum atomic E-state index is 14.5. The highest BCUT2D eigenvalue weighted by Gasteiger charge is 2.47. The lowest BCUT2D eigenvalue weighted by Crippen LogP contribution is -2.57. The molecule has 0 aliphatic carbocycles. The van der Waals surface area contributed by atoms with E-state index in [4.69, 9.17) is 4.74 Å². The van der Waals surface area contributed by atoms with Crippen molar-refractivity contribution in [2.45, 2.75) is 31.5 Å². The molecule has 1 unspecified atom stereocenters. The van der Waals surface area contributed by atoms with Gasteiger partial charge in [-0.3, -0.25) is 14.5 Å². The molecule has 0 aromatic carbocycles. The van der Waals surface area contributed by atoms with Crippen LogP contribution in [0.2, 0.25) is 0 Å². The number of ether oxygens (including phenoxy) is 1. The Labute approximate surface area is 196 Å². The maximum Gasteiger partial charge on any atom is 0.419 e. The molecule has 0 saturated carbocycles. The zero-order valence-electron chi connectivity index (χ0n) is 18.7. The fourth-order valence-corrected chi connectivity index (χ4v) is 4.01. The van der Waals surface area contributed by atoms with Crippen LogP contribution >= 0.6 is 0 Å². The van der Waals surface area contributed by atoms with E-state index in [0.29, 0.717) is 23.7 Å². The molecular formula is C22H21F5N6O2. The van der Waals surface area contributed by atoms with Gasteiger partial charge < -0.3 is 9.64 Å². The highest BCUT2D eigenvalue weighted by atomic mass is 19.4. The Morgan fingerprint density at radius 3 is 2.54 bits per heavy atom. The van der Waals surface area contributed by atoms with Crippen LogP contribution in [0.5, 0.6) is 6.01 Å². The monoisotopic (exact) mass is 496 g/mol. The van der Waals surface area contributed by atoms with Gasteiger partial charge in [0.25, 0.3) is 11.8 Å². The molecule has 3 aromatic heterocycles. The third-order valence-corrected chi connectivity index (χ3v) is 5.65. The molecule has 1 aliphatic heterocycles. The maximum absolute atomic E-state index is 14.5. The van der Waals surface area contributed by atoms with Gasteiger partial charge in [-0.15, -0.1) is 0 Å². The van der Waals surface area contributed by atoms with Crippen molar-refractivity contribution in [1.29, 1.82) is 0 Å². The summed E-state index contributed by atoms with van der Waals surface area (Å²) in [4.78, 5) is 25.8. The Bertz CT molecular complexity index is 1180. The van der Waals surface area contributed by atoms with E-state index in [0.717, 1.165) is 4.90 Å². The number of hydrogen-bond donors (Lipinski definition) is 0. The summed E-state index contributed by atoms with van der Waals surface area (Å²) in [5.41, 5.74) is -0.270. The highest BCUT2D eigenvalue weighted by Crippen LogP contribution is 2.36. The van der Waals surface area contributed by atoms with Gasteiger partial charge in [-0.2, -0.15) is 18.3 Å². The smallest absolute Gasteiger partial charge is 0.419 e. The van der Waals surface area contributed by atoms with Crippen molar-refractivity contribution >= 4 is 5.91 Å².